The number of carbonyl (C=O) groups excluding carboxylic acids is 4. The smallest absolute Gasteiger partial charge is 0.312 e. The molecule has 0 radical (unpaired) electrons. The van der Waals surface area contributed by atoms with E-state index < -0.39 is 12.0 Å². The summed E-state index contributed by atoms with van der Waals surface area (Å²) in [5.41, 5.74) is 1.74. The summed E-state index contributed by atoms with van der Waals surface area (Å²) in [4.78, 5) is 50.4. The molecule has 152 valence electrons. The molecular formula is C19H27N4O5+. The van der Waals surface area contributed by atoms with Crippen molar-refractivity contribution in [2.24, 2.45) is 0 Å². The molecule has 1 aromatic carbocycles. The van der Waals surface area contributed by atoms with Crippen molar-refractivity contribution in [3.8, 4) is 0 Å². The summed E-state index contributed by atoms with van der Waals surface area (Å²) in [5, 5.41) is 5.44. The fourth-order valence-electron chi connectivity index (χ4n) is 3.00. The number of piperazine rings is 1. The highest BCUT2D eigenvalue weighted by Gasteiger charge is 2.37. The molecule has 3 amide bonds. The van der Waals surface area contributed by atoms with Crippen LogP contribution in [-0.2, 0) is 23.9 Å². The third kappa shape index (κ3) is 6.05. The lowest BCUT2D eigenvalue weighted by molar-refractivity contribution is -0.909. The molecule has 0 spiro atoms. The highest BCUT2D eigenvalue weighted by molar-refractivity contribution is 5.94. The molecular weight excluding hydrogens is 364 g/mol. The first-order valence-electron chi connectivity index (χ1n) is 9.09. The van der Waals surface area contributed by atoms with E-state index in [1.54, 1.807) is 12.1 Å². The number of anilines is 1. The molecule has 0 aliphatic carbocycles. The maximum atomic E-state index is 12.5. The van der Waals surface area contributed by atoms with E-state index >= 15 is 0 Å². The third-order valence-electron chi connectivity index (χ3n) is 4.67. The number of hydrogen-bond acceptors (Lipinski definition) is 5. The van der Waals surface area contributed by atoms with Crippen molar-refractivity contribution in [2.75, 3.05) is 45.7 Å². The number of methoxy groups -OCH3 is 1. The zero-order valence-electron chi connectivity index (χ0n) is 16.4. The van der Waals surface area contributed by atoms with Gasteiger partial charge in [-0.1, -0.05) is 17.7 Å². The standard InChI is InChI=1S/C19H26N4O5/c1-13-4-6-14(7-5-13)21-16(24)11-22(2)17(25)12-23-9-8-20-19(27)15(23)10-18(26)28-3/h4-7,15H,8-12H2,1-3H3,(H,20,27)(H,21,24)/p+1/t15-/m0/s1. The van der Waals surface area contributed by atoms with E-state index in [2.05, 4.69) is 15.4 Å². The van der Waals surface area contributed by atoms with Gasteiger partial charge in [-0.25, -0.2) is 0 Å². The first-order valence-corrected chi connectivity index (χ1v) is 9.09. The number of aryl methyl sites for hydroxylation is 1. The van der Waals surface area contributed by atoms with E-state index in [1.165, 1.54) is 19.1 Å². The molecule has 2 rings (SSSR count). The van der Waals surface area contributed by atoms with Crippen molar-refractivity contribution < 1.29 is 28.8 Å². The van der Waals surface area contributed by atoms with Crippen molar-refractivity contribution >= 4 is 29.4 Å². The predicted molar refractivity (Wildman–Crippen MR) is 102 cm³/mol. The maximum absolute atomic E-state index is 12.5. The normalized spacial score (nSPS) is 18.8. The van der Waals surface area contributed by atoms with Gasteiger partial charge in [-0.2, -0.15) is 0 Å². The Morgan fingerprint density at radius 2 is 1.96 bits per heavy atom. The van der Waals surface area contributed by atoms with E-state index in [0.29, 0.717) is 23.7 Å². The summed E-state index contributed by atoms with van der Waals surface area (Å²) in [6, 6.07) is 6.68. The fourth-order valence-corrected chi connectivity index (χ4v) is 3.00. The molecule has 28 heavy (non-hydrogen) atoms. The molecule has 0 bridgehead atoms. The van der Waals surface area contributed by atoms with Gasteiger partial charge in [0, 0.05) is 12.7 Å². The number of rotatable bonds is 7. The van der Waals surface area contributed by atoms with Crippen LogP contribution in [0.1, 0.15) is 12.0 Å². The van der Waals surface area contributed by atoms with Gasteiger partial charge in [0.2, 0.25) is 5.91 Å². The molecule has 9 nitrogen and oxygen atoms in total. The lowest BCUT2D eigenvalue weighted by Gasteiger charge is -2.31. The highest BCUT2D eigenvalue weighted by atomic mass is 16.5. The number of hydrogen-bond donors (Lipinski definition) is 3. The first-order chi connectivity index (χ1) is 13.3. The van der Waals surface area contributed by atoms with Crippen LogP contribution in [0.25, 0.3) is 0 Å². The number of likely N-dealkylation sites (N-methyl/N-ethyl adjacent to an activating group) is 1. The molecule has 1 aliphatic heterocycles. The van der Waals surface area contributed by atoms with Crippen LogP contribution in [0, 0.1) is 6.92 Å². The minimum Gasteiger partial charge on any atom is -0.469 e. The Labute approximate surface area is 164 Å². The number of carbonyl (C=O) groups is 4. The van der Waals surface area contributed by atoms with Crippen molar-refractivity contribution in [3.05, 3.63) is 29.8 Å². The molecule has 0 aromatic heterocycles. The van der Waals surface area contributed by atoms with Gasteiger partial charge in [0.25, 0.3) is 11.8 Å². The molecule has 1 heterocycles. The summed E-state index contributed by atoms with van der Waals surface area (Å²) < 4.78 is 4.64. The number of amides is 3. The van der Waals surface area contributed by atoms with E-state index in [4.69, 9.17) is 0 Å². The molecule has 9 heteroatoms. The Morgan fingerprint density at radius 3 is 2.61 bits per heavy atom. The zero-order chi connectivity index (χ0) is 20.7. The minimum absolute atomic E-state index is 0.0173. The van der Waals surface area contributed by atoms with Gasteiger partial charge in [0.05, 0.1) is 26.7 Å². The van der Waals surface area contributed by atoms with Crippen LogP contribution in [0.2, 0.25) is 0 Å². The summed E-state index contributed by atoms with van der Waals surface area (Å²) in [7, 11) is 2.80. The van der Waals surface area contributed by atoms with Gasteiger partial charge in [0.15, 0.2) is 12.6 Å². The van der Waals surface area contributed by atoms with Crippen molar-refractivity contribution in [1.29, 1.82) is 0 Å². The fraction of sp³-hybridized carbons (Fsp3) is 0.474. The SMILES string of the molecule is COC(=O)C[C@H]1C(=O)NCC[NH+]1CC(=O)N(C)CC(=O)Nc1ccc(C)cc1. The Bertz CT molecular complexity index is 734. The minimum atomic E-state index is -0.681. The van der Waals surface area contributed by atoms with Crippen molar-refractivity contribution in [3.63, 3.8) is 0 Å². The monoisotopic (exact) mass is 391 g/mol. The van der Waals surface area contributed by atoms with Gasteiger partial charge >= 0.3 is 5.97 Å². The largest absolute Gasteiger partial charge is 0.469 e. The Morgan fingerprint density at radius 1 is 1.29 bits per heavy atom. The Hall–Kier alpha value is -2.94. The van der Waals surface area contributed by atoms with Crippen LogP contribution in [0.5, 0.6) is 0 Å². The van der Waals surface area contributed by atoms with Crippen molar-refractivity contribution in [1.82, 2.24) is 10.2 Å². The molecule has 0 saturated carbocycles. The van der Waals surface area contributed by atoms with Crippen LogP contribution in [-0.4, -0.2) is 75.0 Å². The topological polar surface area (TPSA) is 109 Å². The van der Waals surface area contributed by atoms with E-state index in [1.807, 2.05) is 19.1 Å². The summed E-state index contributed by atoms with van der Waals surface area (Å²) in [6.07, 6.45) is -0.0947. The van der Waals surface area contributed by atoms with Crippen LogP contribution >= 0.6 is 0 Å². The average molecular weight is 391 g/mol. The van der Waals surface area contributed by atoms with Gasteiger partial charge in [0.1, 0.15) is 6.42 Å². The zero-order valence-corrected chi connectivity index (χ0v) is 16.4. The molecule has 1 fully saturated rings. The summed E-state index contributed by atoms with van der Waals surface area (Å²) in [6.45, 7) is 2.81. The quantitative estimate of drug-likeness (QED) is 0.482. The molecule has 1 unspecified atom stereocenters. The lowest BCUT2D eigenvalue weighted by Crippen LogP contribution is -3.20. The number of quaternary nitrogens is 1. The second-order valence-electron chi connectivity index (χ2n) is 6.87. The number of nitrogens with zero attached hydrogens (tertiary/aromatic N) is 1. The molecule has 1 saturated heterocycles. The maximum Gasteiger partial charge on any atom is 0.312 e. The second-order valence-corrected chi connectivity index (χ2v) is 6.87. The molecule has 1 aromatic rings. The molecule has 1 aliphatic rings. The van der Waals surface area contributed by atoms with Crippen LogP contribution in [0.3, 0.4) is 0 Å². The first kappa shape index (κ1) is 21.4. The molecule has 2 atom stereocenters. The van der Waals surface area contributed by atoms with Crippen LogP contribution in [0.15, 0.2) is 24.3 Å². The Kier molecular flexibility index (Phi) is 7.51. The van der Waals surface area contributed by atoms with Crippen molar-refractivity contribution in [2.45, 2.75) is 19.4 Å². The van der Waals surface area contributed by atoms with E-state index in [-0.39, 0.29) is 37.2 Å². The molecule has 3 N–H and O–H groups in total. The van der Waals surface area contributed by atoms with Gasteiger partial charge < -0.3 is 25.2 Å². The van der Waals surface area contributed by atoms with E-state index in [9.17, 15) is 19.2 Å². The van der Waals surface area contributed by atoms with Crippen LogP contribution in [0.4, 0.5) is 5.69 Å². The Balaban J connectivity index is 1.90. The summed E-state index contributed by atoms with van der Waals surface area (Å²) in [5.74, 6) is -1.37. The number of benzene rings is 1. The summed E-state index contributed by atoms with van der Waals surface area (Å²) >= 11 is 0. The van der Waals surface area contributed by atoms with E-state index in [0.717, 1.165) is 5.56 Å². The highest BCUT2D eigenvalue weighted by Crippen LogP contribution is 2.08. The van der Waals surface area contributed by atoms with Gasteiger partial charge in [-0.3, -0.25) is 19.2 Å². The second kappa shape index (κ2) is 9.84. The van der Waals surface area contributed by atoms with Gasteiger partial charge in [-0.05, 0) is 19.1 Å². The average Bonchev–Trinajstić information content (AvgIpc) is 2.66. The van der Waals surface area contributed by atoms with Crippen LogP contribution < -0.4 is 15.5 Å². The lowest BCUT2D eigenvalue weighted by atomic mass is 10.1. The number of esters is 1. The number of ether oxygens (including phenoxy) is 1. The third-order valence-corrected chi connectivity index (χ3v) is 4.67. The van der Waals surface area contributed by atoms with Gasteiger partial charge in [-0.15, -0.1) is 0 Å². The predicted octanol–water partition coefficient (Wildman–Crippen LogP) is -1.66. The number of nitrogens with one attached hydrogen (secondary N) is 3.